The normalized spacial score (nSPS) is 25.2. The van der Waals surface area contributed by atoms with Crippen LogP contribution < -0.4 is 10.2 Å². The molecule has 2 aliphatic heterocycles. The fraction of sp³-hybridized carbons (Fsp3) is 0.111. The number of Topliss-reactive ketones (excluding diaryl/α,β-unsaturated/α-hetero) is 1. The molecule has 124 valence electrons. The highest BCUT2D eigenvalue weighted by Gasteiger charge is 2.37. The number of allylic oxidation sites excluding steroid dienone is 3. The van der Waals surface area contributed by atoms with Crippen LogP contribution in [0.25, 0.3) is 0 Å². The van der Waals surface area contributed by atoms with Crippen LogP contribution in [0.1, 0.15) is 0 Å². The third kappa shape index (κ3) is 2.50. The smallest absolute Gasteiger partial charge is 0.238 e. The first kappa shape index (κ1) is 15.2. The average molecular weight is 336 g/mol. The lowest BCUT2D eigenvalue weighted by Gasteiger charge is -2.23. The van der Waals surface area contributed by atoms with Gasteiger partial charge in [-0.1, -0.05) is 18.2 Å². The van der Waals surface area contributed by atoms with Crippen molar-refractivity contribution in [2.45, 2.75) is 0 Å². The molecule has 0 aromatic heterocycles. The topological polar surface area (TPSA) is 85.6 Å². The molecule has 1 fully saturated rings. The molecule has 2 N–H and O–H groups in total. The first-order valence-corrected chi connectivity index (χ1v) is 7.68. The number of carbonyl (C=O) groups excluding carboxylic acids is 2. The number of nitrogens with one attached hydrogen (secondary N) is 2. The van der Waals surface area contributed by atoms with Crippen molar-refractivity contribution >= 4 is 28.9 Å². The van der Waals surface area contributed by atoms with Crippen molar-refractivity contribution in [3.05, 3.63) is 65.8 Å². The molecule has 1 amide bonds. The summed E-state index contributed by atoms with van der Waals surface area (Å²) >= 11 is 0. The van der Waals surface area contributed by atoms with Crippen LogP contribution in [0.2, 0.25) is 0 Å². The van der Waals surface area contributed by atoms with Crippen molar-refractivity contribution in [3.63, 3.8) is 0 Å². The van der Waals surface area contributed by atoms with Crippen LogP contribution in [-0.2, 0) is 9.59 Å². The average Bonchev–Trinajstić information content (AvgIpc) is 2.90. The highest BCUT2D eigenvalue weighted by molar-refractivity contribution is 6.33. The number of fused-ring (bicyclic) bond motifs is 1. The number of rotatable bonds is 1. The van der Waals surface area contributed by atoms with Crippen LogP contribution in [0.3, 0.4) is 0 Å². The van der Waals surface area contributed by atoms with Gasteiger partial charge in [-0.05, 0) is 30.3 Å². The van der Waals surface area contributed by atoms with E-state index in [1.807, 2.05) is 0 Å². The van der Waals surface area contributed by atoms with E-state index in [2.05, 4.69) is 10.3 Å². The predicted molar refractivity (Wildman–Crippen MR) is 90.9 cm³/mol. The second-order valence-electron chi connectivity index (χ2n) is 5.81. The van der Waals surface area contributed by atoms with Gasteiger partial charge in [0.05, 0.1) is 18.2 Å². The monoisotopic (exact) mass is 336 g/mol. The van der Waals surface area contributed by atoms with Crippen LogP contribution in [-0.4, -0.2) is 29.8 Å². The molecule has 1 aromatic carbocycles. The summed E-state index contributed by atoms with van der Waals surface area (Å²) < 4.78 is 13.1. The second kappa shape index (κ2) is 5.62. The lowest BCUT2D eigenvalue weighted by atomic mass is 9.95. The third-order valence-corrected chi connectivity index (χ3v) is 4.23. The number of ketones is 1. The van der Waals surface area contributed by atoms with E-state index in [1.54, 1.807) is 24.3 Å². The zero-order valence-electron chi connectivity index (χ0n) is 13.0. The van der Waals surface area contributed by atoms with Gasteiger partial charge in [0.1, 0.15) is 23.0 Å². The van der Waals surface area contributed by atoms with Gasteiger partial charge in [0, 0.05) is 5.69 Å². The molecule has 1 aromatic rings. The predicted octanol–water partition coefficient (Wildman–Crippen LogP) is 1.72. The number of nitrogens with zero attached hydrogens (tertiary/aromatic N) is 2. The van der Waals surface area contributed by atoms with Crippen molar-refractivity contribution < 1.29 is 14.0 Å². The van der Waals surface area contributed by atoms with Gasteiger partial charge < -0.3 is 10.2 Å². The number of benzene rings is 1. The maximum atomic E-state index is 13.1. The Labute approximate surface area is 142 Å². The van der Waals surface area contributed by atoms with E-state index in [1.165, 1.54) is 29.2 Å². The number of amidine groups is 1. The number of amides is 1. The summed E-state index contributed by atoms with van der Waals surface area (Å²) in [4.78, 5) is 30.5. The van der Waals surface area contributed by atoms with E-state index in [0.29, 0.717) is 11.4 Å². The minimum absolute atomic E-state index is 0.0524. The molecular formula is C18H13FN4O2. The molecule has 1 aliphatic carbocycles. The summed E-state index contributed by atoms with van der Waals surface area (Å²) in [5.74, 6) is -1.45. The summed E-state index contributed by atoms with van der Waals surface area (Å²) in [6.07, 6.45) is 6.97. The molecule has 0 bridgehead atoms. The molecule has 1 atom stereocenters. The number of anilines is 1. The molecule has 1 unspecified atom stereocenters. The van der Waals surface area contributed by atoms with Crippen molar-refractivity contribution in [2.75, 3.05) is 11.4 Å². The maximum absolute atomic E-state index is 13.1. The highest BCUT2D eigenvalue weighted by atomic mass is 19.1. The zero-order valence-corrected chi connectivity index (χ0v) is 13.0. The summed E-state index contributed by atoms with van der Waals surface area (Å²) in [7, 11) is 0. The van der Waals surface area contributed by atoms with Gasteiger partial charge in [-0.3, -0.25) is 15.0 Å². The zero-order chi connectivity index (χ0) is 17.6. The SMILES string of the molecule is N=C1/C(=C2/N=C3C=CC=CC3C(=O)N2)C(=O)CN1c1ccc(F)cc1. The quantitative estimate of drug-likeness (QED) is 0.766. The number of aliphatic imine (C=N–C) groups is 1. The molecule has 6 nitrogen and oxygen atoms in total. The molecule has 4 rings (SSSR count). The van der Waals surface area contributed by atoms with E-state index in [0.717, 1.165) is 0 Å². The van der Waals surface area contributed by atoms with Crippen LogP contribution in [0.4, 0.5) is 10.1 Å². The molecule has 7 heteroatoms. The Bertz CT molecular complexity index is 925. The number of halogens is 1. The Morgan fingerprint density at radius 3 is 2.72 bits per heavy atom. The van der Waals surface area contributed by atoms with Crippen LogP contribution >= 0.6 is 0 Å². The van der Waals surface area contributed by atoms with Crippen LogP contribution in [0.15, 0.2) is 65.0 Å². The van der Waals surface area contributed by atoms with Crippen molar-refractivity contribution in [1.82, 2.24) is 5.32 Å². The summed E-state index contributed by atoms with van der Waals surface area (Å²) in [6, 6.07) is 5.54. The van der Waals surface area contributed by atoms with Crippen LogP contribution in [0.5, 0.6) is 0 Å². The Kier molecular flexibility index (Phi) is 3.42. The molecule has 2 heterocycles. The van der Waals surface area contributed by atoms with Crippen LogP contribution in [0, 0.1) is 17.1 Å². The minimum Gasteiger partial charge on any atom is -0.318 e. The Morgan fingerprint density at radius 2 is 1.96 bits per heavy atom. The number of carbonyl (C=O) groups is 2. The van der Waals surface area contributed by atoms with Gasteiger partial charge in [0.25, 0.3) is 0 Å². The molecule has 25 heavy (non-hydrogen) atoms. The summed E-state index contributed by atoms with van der Waals surface area (Å²) in [5, 5.41) is 10.9. The Hall–Kier alpha value is -3.35. The number of hydrogen-bond acceptors (Lipinski definition) is 4. The van der Waals surface area contributed by atoms with Crippen molar-refractivity contribution in [1.29, 1.82) is 5.41 Å². The van der Waals surface area contributed by atoms with Crippen molar-refractivity contribution in [3.8, 4) is 0 Å². The maximum Gasteiger partial charge on any atom is 0.238 e. The van der Waals surface area contributed by atoms with Gasteiger partial charge in [-0.25, -0.2) is 9.38 Å². The van der Waals surface area contributed by atoms with E-state index in [4.69, 9.17) is 5.41 Å². The largest absolute Gasteiger partial charge is 0.318 e. The van der Waals surface area contributed by atoms with Gasteiger partial charge in [-0.2, -0.15) is 0 Å². The molecule has 0 spiro atoms. The second-order valence-corrected chi connectivity index (χ2v) is 5.81. The van der Waals surface area contributed by atoms with Gasteiger partial charge in [0.15, 0.2) is 5.78 Å². The van der Waals surface area contributed by atoms with E-state index < -0.39 is 11.7 Å². The first-order chi connectivity index (χ1) is 12.0. The lowest BCUT2D eigenvalue weighted by molar-refractivity contribution is -0.121. The molecule has 0 saturated carbocycles. The fourth-order valence-corrected chi connectivity index (χ4v) is 2.98. The first-order valence-electron chi connectivity index (χ1n) is 7.68. The Morgan fingerprint density at radius 1 is 1.20 bits per heavy atom. The minimum atomic E-state index is -0.478. The standard InChI is InChI=1S/C18H13FN4O2/c19-10-5-7-11(8-6-10)23-9-14(24)15(16(23)20)17-21-13-4-2-1-3-12(13)18(25)22-17/h1-8,12,20H,9H2,(H,22,25)/b17-15-,20-16?. The van der Waals surface area contributed by atoms with Gasteiger partial charge in [0.2, 0.25) is 5.91 Å². The molecular weight excluding hydrogens is 323 g/mol. The molecule has 1 saturated heterocycles. The number of hydrogen-bond donors (Lipinski definition) is 2. The molecule has 3 aliphatic rings. The summed E-state index contributed by atoms with van der Waals surface area (Å²) in [5.41, 5.74) is 1.13. The highest BCUT2D eigenvalue weighted by Crippen LogP contribution is 2.27. The fourth-order valence-electron chi connectivity index (χ4n) is 2.98. The van der Waals surface area contributed by atoms with Gasteiger partial charge >= 0.3 is 0 Å². The van der Waals surface area contributed by atoms with Gasteiger partial charge in [-0.15, -0.1) is 0 Å². The van der Waals surface area contributed by atoms with E-state index >= 15 is 0 Å². The van der Waals surface area contributed by atoms with E-state index in [9.17, 15) is 14.0 Å². The third-order valence-electron chi connectivity index (χ3n) is 4.23. The molecule has 0 radical (unpaired) electrons. The lowest BCUT2D eigenvalue weighted by Crippen LogP contribution is -2.39. The van der Waals surface area contributed by atoms with Crippen molar-refractivity contribution in [2.24, 2.45) is 10.9 Å². The Balaban J connectivity index is 1.74. The summed E-state index contributed by atoms with van der Waals surface area (Å²) in [6.45, 7) is -0.0524. The van der Waals surface area contributed by atoms with E-state index in [-0.39, 0.29) is 35.5 Å².